The van der Waals surface area contributed by atoms with Crippen molar-refractivity contribution in [3.63, 3.8) is 0 Å². The zero-order valence-electron chi connectivity index (χ0n) is 17.5. The number of aromatic amines is 1. The Morgan fingerprint density at radius 2 is 2.03 bits per heavy atom. The first-order valence-corrected chi connectivity index (χ1v) is 10.3. The van der Waals surface area contributed by atoms with Gasteiger partial charge in [0.25, 0.3) is 5.56 Å². The van der Waals surface area contributed by atoms with E-state index in [1.807, 2.05) is 22.9 Å². The first-order valence-electron chi connectivity index (χ1n) is 10.3. The van der Waals surface area contributed by atoms with Crippen LogP contribution in [0.2, 0.25) is 0 Å². The van der Waals surface area contributed by atoms with E-state index in [0.29, 0.717) is 18.8 Å². The number of benzene rings is 1. The topological polar surface area (TPSA) is 90.1 Å². The van der Waals surface area contributed by atoms with Crippen molar-refractivity contribution in [2.75, 3.05) is 26.3 Å². The fraction of sp³-hybridized carbons (Fsp3) is 0.524. The van der Waals surface area contributed by atoms with Crippen molar-refractivity contribution in [3.05, 3.63) is 51.6 Å². The molecule has 0 unspecified atom stereocenters. The van der Waals surface area contributed by atoms with Gasteiger partial charge in [-0.05, 0) is 61.2 Å². The van der Waals surface area contributed by atoms with Crippen molar-refractivity contribution in [1.82, 2.24) is 25.2 Å². The van der Waals surface area contributed by atoms with Gasteiger partial charge in [0.05, 0.1) is 24.3 Å². The number of rotatable bonds is 5. The van der Waals surface area contributed by atoms with Gasteiger partial charge < -0.3 is 14.6 Å². The minimum absolute atomic E-state index is 0.0887. The number of hydrogen-bond acceptors (Lipinski definition) is 5. The molecule has 0 amide bonds. The molecule has 0 bridgehead atoms. The van der Waals surface area contributed by atoms with Crippen LogP contribution in [0.3, 0.4) is 0 Å². The van der Waals surface area contributed by atoms with Gasteiger partial charge in [0.1, 0.15) is 13.1 Å². The Hall–Kier alpha value is -2.58. The molecule has 1 aliphatic rings. The number of aryl methyl sites for hydroxylation is 1. The van der Waals surface area contributed by atoms with Crippen molar-refractivity contribution in [3.8, 4) is 0 Å². The third-order valence-corrected chi connectivity index (χ3v) is 6.07. The molecule has 29 heavy (non-hydrogen) atoms. The van der Waals surface area contributed by atoms with E-state index in [1.165, 1.54) is 4.90 Å². The molecule has 0 aliphatic carbocycles. The van der Waals surface area contributed by atoms with Crippen molar-refractivity contribution in [2.24, 2.45) is 0 Å². The fourth-order valence-electron chi connectivity index (χ4n) is 3.98. The highest BCUT2D eigenvalue weighted by molar-refractivity contribution is 5.79. The molecule has 0 spiro atoms. The molecule has 0 saturated carbocycles. The van der Waals surface area contributed by atoms with E-state index in [-0.39, 0.29) is 17.1 Å². The Balaban J connectivity index is 1.91. The van der Waals surface area contributed by atoms with Crippen molar-refractivity contribution in [2.45, 2.75) is 45.7 Å². The molecule has 1 aromatic carbocycles. The second-order valence-corrected chi connectivity index (χ2v) is 8.46. The molecule has 3 heterocycles. The maximum Gasteiger partial charge on any atom is 0.258 e. The van der Waals surface area contributed by atoms with Gasteiger partial charge in [-0.15, -0.1) is 5.10 Å². The van der Waals surface area contributed by atoms with E-state index < -0.39 is 0 Å². The maximum absolute atomic E-state index is 13.1. The predicted molar refractivity (Wildman–Crippen MR) is 110 cm³/mol. The van der Waals surface area contributed by atoms with Gasteiger partial charge in [0.2, 0.25) is 5.82 Å². The number of morpholine rings is 1. The molecule has 2 N–H and O–H groups in total. The summed E-state index contributed by atoms with van der Waals surface area (Å²) >= 11 is 0. The van der Waals surface area contributed by atoms with E-state index in [4.69, 9.17) is 4.74 Å². The van der Waals surface area contributed by atoms with Crippen LogP contribution in [0.4, 0.5) is 0 Å². The van der Waals surface area contributed by atoms with Gasteiger partial charge in [-0.1, -0.05) is 18.6 Å². The second kappa shape index (κ2) is 7.68. The average Bonchev–Trinajstić information content (AvgIpc) is 3.20. The lowest BCUT2D eigenvalue weighted by atomic mass is 9.99. The Bertz CT molecular complexity index is 1060. The van der Waals surface area contributed by atoms with Crippen molar-refractivity contribution < 1.29 is 9.64 Å². The molecule has 4 rings (SSSR count). The van der Waals surface area contributed by atoms with E-state index in [1.54, 1.807) is 0 Å². The van der Waals surface area contributed by atoms with Crippen LogP contribution in [-0.2, 0) is 10.3 Å². The Morgan fingerprint density at radius 3 is 2.76 bits per heavy atom. The summed E-state index contributed by atoms with van der Waals surface area (Å²) in [5, 5.41) is 13.7. The number of pyridine rings is 1. The largest absolute Gasteiger partial charge is 0.370 e. The van der Waals surface area contributed by atoms with Crippen LogP contribution in [0.5, 0.6) is 0 Å². The third kappa shape index (κ3) is 3.70. The molecule has 1 aliphatic heterocycles. The van der Waals surface area contributed by atoms with Crippen LogP contribution >= 0.6 is 0 Å². The number of fused-ring (bicyclic) bond motifs is 1. The summed E-state index contributed by atoms with van der Waals surface area (Å²) < 4.78 is 7.46. The quantitative estimate of drug-likeness (QED) is 0.670. The number of H-pyrrole nitrogens is 1. The van der Waals surface area contributed by atoms with Gasteiger partial charge in [-0.2, -0.15) is 0 Å². The number of ether oxygens (including phenoxy) is 1. The molecule has 8 nitrogen and oxygen atoms in total. The average molecular weight is 398 g/mol. The molecule has 1 fully saturated rings. The SMILES string of the molecule is CCC(C)(C)n1nnnc1[C@H](c1cc2cc(C)ccc2[nH]c1=O)[NH+]1CCOCC1. The minimum atomic E-state index is -0.256. The molecule has 1 saturated heterocycles. The van der Waals surface area contributed by atoms with Gasteiger partial charge in [0, 0.05) is 5.52 Å². The number of aromatic nitrogens is 5. The van der Waals surface area contributed by atoms with Gasteiger partial charge in [-0.3, -0.25) is 4.79 Å². The van der Waals surface area contributed by atoms with Crippen LogP contribution < -0.4 is 10.5 Å². The highest BCUT2D eigenvalue weighted by atomic mass is 16.5. The number of tetrazole rings is 1. The molecule has 1 atom stereocenters. The van der Waals surface area contributed by atoms with Gasteiger partial charge in [0.15, 0.2) is 6.04 Å². The molecule has 8 heteroatoms. The van der Waals surface area contributed by atoms with Crippen molar-refractivity contribution in [1.29, 1.82) is 0 Å². The zero-order chi connectivity index (χ0) is 20.6. The molecule has 0 radical (unpaired) electrons. The normalized spacial score (nSPS) is 17.0. The highest BCUT2D eigenvalue weighted by Gasteiger charge is 2.37. The van der Waals surface area contributed by atoms with Crippen LogP contribution in [0, 0.1) is 6.92 Å². The lowest BCUT2D eigenvalue weighted by Crippen LogP contribution is -3.14. The van der Waals surface area contributed by atoms with E-state index >= 15 is 0 Å². The van der Waals surface area contributed by atoms with E-state index in [2.05, 4.69) is 54.3 Å². The lowest BCUT2D eigenvalue weighted by Gasteiger charge is -2.32. The highest BCUT2D eigenvalue weighted by Crippen LogP contribution is 2.25. The molecule has 2 aromatic heterocycles. The summed E-state index contributed by atoms with van der Waals surface area (Å²) in [7, 11) is 0. The molecular formula is C21H29N6O2+. The molecule has 3 aromatic rings. The summed E-state index contributed by atoms with van der Waals surface area (Å²) in [5.74, 6) is 0.728. The van der Waals surface area contributed by atoms with Crippen LogP contribution in [0.25, 0.3) is 10.9 Å². The summed E-state index contributed by atoms with van der Waals surface area (Å²) in [6, 6.07) is 7.81. The standard InChI is InChI=1S/C21H28N6O2/c1-5-21(3,4)27-19(23-24-25-27)18(26-8-10-29-11-9-26)16-13-15-12-14(2)6-7-17(15)22-20(16)28/h6-7,12-13,18H,5,8-11H2,1-4H3,(H,22,28)/p+1/t18-/m0/s1. The second-order valence-electron chi connectivity index (χ2n) is 8.46. The van der Waals surface area contributed by atoms with E-state index in [9.17, 15) is 4.79 Å². The lowest BCUT2D eigenvalue weighted by molar-refractivity contribution is -0.934. The van der Waals surface area contributed by atoms with Crippen LogP contribution in [0.15, 0.2) is 29.1 Å². The number of quaternary nitrogens is 1. The number of nitrogens with one attached hydrogen (secondary N) is 2. The van der Waals surface area contributed by atoms with Gasteiger partial charge in [-0.25, -0.2) is 4.68 Å². The fourth-order valence-corrected chi connectivity index (χ4v) is 3.98. The van der Waals surface area contributed by atoms with Gasteiger partial charge >= 0.3 is 0 Å². The summed E-state index contributed by atoms with van der Waals surface area (Å²) in [6.45, 7) is 11.3. The summed E-state index contributed by atoms with van der Waals surface area (Å²) in [5.41, 5.74) is 2.36. The molecular weight excluding hydrogens is 368 g/mol. The number of nitrogens with zero attached hydrogens (tertiary/aromatic N) is 4. The monoisotopic (exact) mass is 397 g/mol. The Kier molecular flexibility index (Phi) is 5.23. The predicted octanol–water partition coefficient (Wildman–Crippen LogP) is 0.973. The maximum atomic E-state index is 13.1. The molecule has 154 valence electrons. The van der Waals surface area contributed by atoms with Crippen LogP contribution in [-0.4, -0.2) is 51.5 Å². The summed E-state index contributed by atoms with van der Waals surface area (Å²) in [6.07, 6.45) is 0.878. The first kappa shape index (κ1) is 19.7. The number of hydrogen-bond donors (Lipinski definition) is 2. The van der Waals surface area contributed by atoms with Crippen molar-refractivity contribution >= 4 is 10.9 Å². The summed E-state index contributed by atoms with van der Waals surface area (Å²) in [4.78, 5) is 17.5. The zero-order valence-corrected chi connectivity index (χ0v) is 17.5. The third-order valence-electron chi connectivity index (χ3n) is 6.07. The Labute approximate surface area is 169 Å². The first-order chi connectivity index (χ1) is 13.9. The smallest absolute Gasteiger partial charge is 0.258 e. The van der Waals surface area contributed by atoms with Crippen LogP contribution in [0.1, 0.15) is 50.2 Å². The Morgan fingerprint density at radius 1 is 1.28 bits per heavy atom. The minimum Gasteiger partial charge on any atom is -0.370 e. The van der Waals surface area contributed by atoms with E-state index in [0.717, 1.165) is 41.8 Å².